The van der Waals surface area contributed by atoms with Crippen molar-refractivity contribution in [1.82, 2.24) is 24.6 Å². The van der Waals surface area contributed by atoms with Gasteiger partial charge in [-0.1, -0.05) is 6.07 Å². The number of hydrogen-bond donors (Lipinski definition) is 0. The minimum atomic E-state index is 0.154. The molecule has 1 aromatic heterocycles. The first-order chi connectivity index (χ1) is 13.5. The zero-order chi connectivity index (χ0) is 19.6. The maximum Gasteiger partial charge on any atom is 0.320 e. The number of amides is 3. The number of urea groups is 1. The molecule has 3 aliphatic heterocycles. The van der Waals surface area contributed by atoms with Crippen LogP contribution < -0.4 is 0 Å². The molecule has 3 fully saturated rings. The number of aromatic nitrogens is 1. The van der Waals surface area contributed by atoms with Crippen LogP contribution in [-0.2, 0) is 11.3 Å². The van der Waals surface area contributed by atoms with Gasteiger partial charge in [0, 0.05) is 58.4 Å². The Labute approximate surface area is 167 Å². The predicted octanol–water partition coefficient (Wildman–Crippen LogP) is 1.65. The van der Waals surface area contributed by atoms with E-state index in [9.17, 15) is 9.59 Å². The number of hydrogen-bond acceptors (Lipinski definition) is 4. The monoisotopic (exact) mass is 385 g/mol. The molecule has 7 nitrogen and oxygen atoms in total. The Morgan fingerprint density at radius 1 is 1.04 bits per heavy atom. The summed E-state index contributed by atoms with van der Waals surface area (Å²) in [7, 11) is 2.10. The molecule has 1 spiro atoms. The van der Waals surface area contributed by atoms with Crippen molar-refractivity contribution in [2.75, 3.05) is 52.9 Å². The highest BCUT2D eigenvalue weighted by Crippen LogP contribution is 2.40. The van der Waals surface area contributed by atoms with Crippen molar-refractivity contribution in [3.8, 4) is 0 Å². The Bertz CT molecular complexity index is 694. The van der Waals surface area contributed by atoms with E-state index in [0.29, 0.717) is 13.0 Å². The molecule has 152 valence electrons. The highest BCUT2D eigenvalue weighted by Gasteiger charge is 2.42. The molecule has 0 aliphatic carbocycles. The quantitative estimate of drug-likeness (QED) is 0.777. The van der Waals surface area contributed by atoms with Gasteiger partial charge in [-0.05, 0) is 43.9 Å². The fraction of sp³-hybridized carbons (Fsp3) is 0.667. The van der Waals surface area contributed by atoms with Crippen molar-refractivity contribution in [1.29, 1.82) is 0 Å². The third-order valence-electron chi connectivity index (χ3n) is 6.70. The molecule has 7 heteroatoms. The Hall–Kier alpha value is -2.15. The molecule has 0 radical (unpaired) electrons. The predicted molar refractivity (Wildman–Crippen MR) is 107 cm³/mol. The summed E-state index contributed by atoms with van der Waals surface area (Å²) in [5, 5.41) is 0. The van der Waals surface area contributed by atoms with Crippen LogP contribution in [0.2, 0.25) is 0 Å². The molecule has 1 aromatic rings. The number of carbonyl (C=O) groups excluding carboxylic acids is 2. The minimum Gasteiger partial charge on any atom is -0.336 e. The summed E-state index contributed by atoms with van der Waals surface area (Å²) >= 11 is 0. The number of rotatable bonds is 2. The Kier molecular flexibility index (Phi) is 5.53. The van der Waals surface area contributed by atoms with E-state index in [-0.39, 0.29) is 17.4 Å². The van der Waals surface area contributed by atoms with Crippen LogP contribution in [0, 0.1) is 5.41 Å². The third kappa shape index (κ3) is 4.14. The van der Waals surface area contributed by atoms with E-state index in [4.69, 9.17) is 0 Å². The van der Waals surface area contributed by atoms with Crippen LogP contribution in [0.3, 0.4) is 0 Å². The van der Waals surface area contributed by atoms with Crippen LogP contribution in [-0.4, -0.2) is 89.4 Å². The van der Waals surface area contributed by atoms with Gasteiger partial charge < -0.3 is 19.6 Å². The molecular formula is C21H31N5O2. The lowest BCUT2D eigenvalue weighted by atomic mass is 9.72. The fourth-order valence-electron chi connectivity index (χ4n) is 4.71. The highest BCUT2D eigenvalue weighted by molar-refractivity contribution is 5.77. The second-order valence-electron chi connectivity index (χ2n) is 8.63. The largest absolute Gasteiger partial charge is 0.336 e. The van der Waals surface area contributed by atoms with E-state index in [1.54, 1.807) is 6.20 Å². The number of pyridine rings is 1. The zero-order valence-electron chi connectivity index (χ0n) is 16.8. The molecule has 0 aromatic carbocycles. The number of likely N-dealkylation sites (tertiary alicyclic amines) is 2. The Morgan fingerprint density at radius 3 is 2.43 bits per heavy atom. The van der Waals surface area contributed by atoms with Crippen LogP contribution in [0.5, 0.6) is 0 Å². The number of likely N-dealkylation sites (N-methyl/N-ethyl adjacent to an activating group) is 1. The van der Waals surface area contributed by atoms with Gasteiger partial charge in [-0.2, -0.15) is 0 Å². The summed E-state index contributed by atoms with van der Waals surface area (Å²) in [6, 6.07) is 6.04. The second-order valence-corrected chi connectivity index (χ2v) is 8.63. The molecule has 0 unspecified atom stereocenters. The number of piperazine rings is 1. The van der Waals surface area contributed by atoms with Crippen LogP contribution in [0.1, 0.15) is 31.4 Å². The highest BCUT2D eigenvalue weighted by atomic mass is 16.2. The first-order valence-corrected chi connectivity index (χ1v) is 10.4. The Balaban J connectivity index is 1.34. The van der Waals surface area contributed by atoms with E-state index < -0.39 is 0 Å². The van der Waals surface area contributed by atoms with E-state index in [1.807, 2.05) is 32.9 Å². The van der Waals surface area contributed by atoms with Crippen LogP contribution in [0.15, 0.2) is 24.4 Å². The van der Waals surface area contributed by atoms with E-state index in [1.165, 1.54) is 0 Å². The molecule has 3 amide bonds. The molecule has 0 bridgehead atoms. The maximum absolute atomic E-state index is 12.8. The van der Waals surface area contributed by atoms with Crippen molar-refractivity contribution >= 4 is 11.9 Å². The van der Waals surface area contributed by atoms with Gasteiger partial charge in [0.1, 0.15) is 0 Å². The number of nitrogens with zero attached hydrogens (tertiary/aromatic N) is 5. The standard InChI is InChI=1S/C21H31N5O2/c1-23-12-14-25(15-13-23)20(28)24-10-7-21(8-11-24)6-5-19(27)26(17-21)16-18-4-2-3-9-22-18/h2-4,9H,5-8,10-17H2,1H3. The topological polar surface area (TPSA) is 60.0 Å². The average Bonchev–Trinajstić information content (AvgIpc) is 2.72. The van der Waals surface area contributed by atoms with E-state index in [2.05, 4.69) is 16.9 Å². The zero-order valence-corrected chi connectivity index (χ0v) is 16.8. The van der Waals surface area contributed by atoms with Gasteiger partial charge in [-0.15, -0.1) is 0 Å². The van der Waals surface area contributed by atoms with Gasteiger partial charge in [0.15, 0.2) is 0 Å². The summed E-state index contributed by atoms with van der Waals surface area (Å²) in [6.45, 7) is 6.53. The molecular weight excluding hydrogens is 354 g/mol. The molecule has 4 rings (SSSR count). The van der Waals surface area contributed by atoms with Crippen LogP contribution in [0.25, 0.3) is 0 Å². The van der Waals surface area contributed by atoms with Crippen molar-refractivity contribution in [2.24, 2.45) is 5.41 Å². The smallest absolute Gasteiger partial charge is 0.320 e. The van der Waals surface area contributed by atoms with Gasteiger partial charge in [0.25, 0.3) is 0 Å². The molecule has 0 atom stereocenters. The van der Waals surface area contributed by atoms with Crippen molar-refractivity contribution in [2.45, 2.75) is 32.2 Å². The second kappa shape index (κ2) is 8.07. The van der Waals surface area contributed by atoms with Gasteiger partial charge in [0.05, 0.1) is 12.2 Å². The van der Waals surface area contributed by atoms with E-state index >= 15 is 0 Å². The molecule has 3 saturated heterocycles. The summed E-state index contributed by atoms with van der Waals surface area (Å²) in [4.78, 5) is 37.9. The van der Waals surface area contributed by atoms with Gasteiger partial charge in [-0.25, -0.2) is 4.79 Å². The summed E-state index contributed by atoms with van der Waals surface area (Å²) in [5.41, 5.74) is 1.09. The number of carbonyl (C=O) groups is 2. The van der Waals surface area contributed by atoms with Gasteiger partial charge in [-0.3, -0.25) is 9.78 Å². The first-order valence-electron chi connectivity index (χ1n) is 10.4. The lowest BCUT2D eigenvalue weighted by Crippen LogP contribution is -2.56. The first kappa shape index (κ1) is 19.2. The SMILES string of the molecule is CN1CCN(C(=O)N2CCC3(CCC(=O)N(Cc4ccccn4)C3)CC2)CC1. The molecule has 4 heterocycles. The maximum atomic E-state index is 12.8. The minimum absolute atomic E-state index is 0.154. The van der Waals surface area contributed by atoms with Gasteiger partial charge >= 0.3 is 6.03 Å². The Morgan fingerprint density at radius 2 is 1.75 bits per heavy atom. The average molecular weight is 386 g/mol. The van der Waals surface area contributed by atoms with Gasteiger partial charge in [0.2, 0.25) is 5.91 Å². The fourth-order valence-corrected chi connectivity index (χ4v) is 4.71. The molecule has 3 aliphatic rings. The van der Waals surface area contributed by atoms with Crippen LogP contribution in [0.4, 0.5) is 4.79 Å². The third-order valence-corrected chi connectivity index (χ3v) is 6.70. The summed E-state index contributed by atoms with van der Waals surface area (Å²) in [5.74, 6) is 0.229. The van der Waals surface area contributed by atoms with Crippen molar-refractivity contribution in [3.05, 3.63) is 30.1 Å². The van der Waals surface area contributed by atoms with Crippen LogP contribution >= 0.6 is 0 Å². The summed E-state index contributed by atoms with van der Waals surface area (Å²) < 4.78 is 0. The van der Waals surface area contributed by atoms with E-state index in [0.717, 1.165) is 70.8 Å². The normalized spacial score (nSPS) is 23.3. The summed E-state index contributed by atoms with van der Waals surface area (Å²) in [6.07, 6.45) is 5.30. The lowest BCUT2D eigenvalue weighted by molar-refractivity contribution is -0.139. The van der Waals surface area contributed by atoms with Crippen molar-refractivity contribution < 1.29 is 9.59 Å². The molecule has 28 heavy (non-hydrogen) atoms. The molecule has 0 saturated carbocycles. The molecule has 0 N–H and O–H groups in total. The lowest BCUT2D eigenvalue weighted by Gasteiger charge is -2.48. The number of piperidine rings is 2. The van der Waals surface area contributed by atoms with Crippen molar-refractivity contribution in [3.63, 3.8) is 0 Å².